The van der Waals surface area contributed by atoms with Crippen molar-refractivity contribution in [3.05, 3.63) is 52.5 Å². The number of likely N-dealkylation sites (tertiary alicyclic amines) is 1. The Kier molecular flexibility index (Phi) is 5.10. The van der Waals surface area contributed by atoms with Gasteiger partial charge in [0.25, 0.3) is 0 Å². The van der Waals surface area contributed by atoms with Crippen LogP contribution in [0.2, 0.25) is 5.02 Å². The highest BCUT2D eigenvalue weighted by atomic mass is 35.5. The number of carbonyl (C=O) groups is 3. The van der Waals surface area contributed by atoms with Crippen LogP contribution in [-0.2, 0) is 26.3 Å². The first-order valence-corrected chi connectivity index (χ1v) is 11.1. The van der Waals surface area contributed by atoms with Gasteiger partial charge in [-0.1, -0.05) is 17.7 Å². The third-order valence-corrected chi connectivity index (χ3v) is 7.22. The van der Waals surface area contributed by atoms with Gasteiger partial charge in [0.2, 0.25) is 17.7 Å². The molecule has 1 spiro atoms. The molecule has 3 heterocycles. The molecule has 8 nitrogen and oxygen atoms in total. The SMILES string of the molecule is COc1ccc(CCN2C(=O)[C@@H]3[C@H](C)N[C@@]4(C(=O)Nc5ccc(Cl)cc54)[C@@H]3C2=O)cc1OC. The van der Waals surface area contributed by atoms with Crippen molar-refractivity contribution in [3.63, 3.8) is 0 Å². The summed E-state index contributed by atoms with van der Waals surface area (Å²) in [6, 6.07) is 10.3. The van der Waals surface area contributed by atoms with Crippen molar-refractivity contribution in [2.75, 3.05) is 26.1 Å². The van der Waals surface area contributed by atoms with Crippen LogP contribution in [0.4, 0.5) is 5.69 Å². The van der Waals surface area contributed by atoms with Crippen LogP contribution in [0.5, 0.6) is 11.5 Å². The van der Waals surface area contributed by atoms with Crippen LogP contribution in [0.3, 0.4) is 0 Å². The van der Waals surface area contributed by atoms with E-state index in [1.807, 2.05) is 19.1 Å². The second-order valence-electron chi connectivity index (χ2n) is 8.66. The van der Waals surface area contributed by atoms with Crippen molar-refractivity contribution >= 4 is 35.0 Å². The fourth-order valence-electron chi connectivity index (χ4n) is 5.49. The molecule has 3 amide bonds. The number of fused-ring (bicyclic) bond motifs is 4. The number of halogens is 1. The summed E-state index contributed by atoms with van der Waals surface area (Å²) < 4.78 is 10.6. The first kappa shape index (κ1) is 21.7. The molecule has 172 valence electrons. The number of carbonyl (C=O) groups excluding carboxylic acids is 3. The van der Waals surface area contributed by atoms with Crippen molar-refractivity contribution in [2.24, 2.45) is 11.8 Å². The Labute approximate surface area is 196 Å². The molecule has 2 fully saturated rings. The molecule has 0 bridgehead atoms. The Balaban J connectivity index is 1.45. The van der Waals surface area contributed by atoms with Crippen LogP contribution in [-0.4, -0.2) is 49.4 Å². The van der Waals surface area contributed by atoms with Crippen molar-refractivity contribution in [2.45, 2.75) is 24.9 Å². The van der Waals surface area contributed by atoms with E-state index in [-0.39, 0.29) is 30.3 Å². The molecule has 2 N–H and O–H groups in total. The summed E-state index contributed by atoms with van der Waals surface area (Å²) in [5.74, 6) is -1.20. The lowest BCUT2D eigenvalue weighted by atomic mass is 9.76. The lowest BCUT2D eigenvalue weighted by Gasteiger charge is -2.29. The lowest BCUT2D eigenvalue weighted by Crippen LogP contribution is -2.53. The number of amides is 3. The van der Waals surface area contributed by atoms with Gasteiger partial charge in [0.15, 0.2) is 11.5 Å². The molecule has 3 aliphatic heterocycles. The number of ether oxygens (including phenoxy) is 2. The first-order chi connectivity index (χ1) is 15.8. The van der Waals surface area contributed by atoms with Crippen molar-refractivity contribution in [3.8, 4) is 11.5 Å². The summed E-state index contributed by atoms with van der Waals surface area (Å²) in [5.41, 5.74) is 0.813. The fourth-order valence-corrected chi connectivity index (χ4v) is 5.66. The highest BCUT2D eigenvalue weighted by molar-refractivity contribution is 6.31. The van der Waals surface area contributed by atoms with Crippen LogP contribution in [0.15, 0.2) is 36.4 Å². The van der Waals surface area contributed by atoms with Gasteiger partial charge in [0, 0.05) is 28.9 Å². The third-order valence-electron chi connectivity index (χ3n) is 6.99. The molecular formula is C24H24ClN3O5. The number of benzene rings is 2. The normalized spacial score (nSPS) is 27.7. The largest absolute Gasteiger partial charge is 0.493 e. The third kappa shape index (κ3) is 3.04. The van der Waals surface area contributed by atoms with E-state index in [1.54, 1.807) is 38.5 Å². The molecule has 5 rings (SSSR count). The van der Waals surface area contributed by atoms with Gasteiger partial charge >= 0.3 is 0 Å². The van der Waals surface area contributed by atoms with E-state index in [9.17, 15) is 14.4 Å². The summed E-state index contributed by atoms with van der Waals surface area (Å²) in [6.45, 7) is 2.05. The summed E-state index contributed by atoms with van der Waals surface area (Å²) in [4.78, 5) is 41.4. The van der Waals surface area contributed by atoms with E-state index in [1.165, 1.54) is 4.90 Å². The second-order valence-corrected chi connectivity index (χ2v) is 9.09. The Bertz CT molecular complexity index is 1180. The lowest BCUT2D eigenvalue weighted by molar-refractivity contribution is -0.142. The van der Waals surface area contributed by atoms with E-state index < -0.39 is 17.4 Å². The molecule has 2 aromatic rings. The summed E-state index contributed by atoms with van der Waals surface area (Å²) in [5, 5.41) is 6.59. The Morgan fingerprint density at radius 2 is 1.79 bits per heavy atom. The highest BCUT2D eigenvalue weighted by Gasteiger charge is 2.69. The number of methoxy groups -OCH3 is 2. The Morgan fingerprint density at radius 3 is 2.52 bits per heavy atom. The molecule has 33 heavy (non-hydrogen) atoms. The molecule has 0 aromatic heterocycles. The van der Waals surface area contributed by atoms with Crippen LogP contribution in [0.25, 0.3) is 0 Å². The summed E-state index contributed by atoms with van der Waals surface area (Å²) >= 11 is 6.22. The molecule has 0 radical (unpaired) electrons. The minimum absolute atomic E-state index is 0.215. The quantitative estimate of drug-likeness (QED) is 0.652. The van der Waals surface area contributed by atoms with Gasteiger partial charge in [-0.25, -0.2) is 0 Å². The smallest absolute Gasteiger partial charge is 0.250 e. The first-order valence-electron chi connectivity index (χ1n) is 10.8. The van der Waals surface area contributed by atoms with E-state index in [0.717, 1.165) is 5.56 Å². The van der Waals surface area contributed by atoms with Gasteiger partial charge in [0.05, 0.1) is 26.1 Å². The number of hydrogen-bond donors (Lipinski definition) is 2. The Hall–Kier alpha value is -3.10. The summed E-state index contributed by atoms with van der Waals surface area (Å²) in [6.07, 6.45) is 0.459. The number of anilines is 1. The van der Waals surface area contributed by atoms with Crippen LogP contribution >= 0.6 is 11.6 Å². The van der Waals surface area contributed by atoms with Gasteiger partial charge in [-0.3, -0.25) is 24.6 Å². The molecule has 4 atom stereocenters. The average Bonchev–Trinajstić information content (AvgIpc) is 3.36. The van der Waals surface area contributed by atoms with Gasteiger partial charge in [0.1, 0.15) is 5.54 Å². The summed E-state index contributed by atoms with van der Waals surface area (Å²) in [7, 11) is 3.12. The maximum Gasteiger partial charge on any atom is 0.250 e. The average molecular weight is 470 g/mol. The number of nitrogens with one attached hydrogen (secondary N) is 2. The molecule has 0 aliphatic carbocycles. The van der Waals surface area contributed by atoms with Crippen LogP contribution < -0.4 is 20.1 Å². The van der Waals surface area contributed by atoms with Crippen molar-refractivity contribution in [1.82, 2.24) is 10.2 Å². The number of hydrogen-bond acceptors (Lipinski definition) is 6. The zero-order valence-electron chi connectivity index (χ0n) is 18.5. The topological polar surface area (TPSA) is 97.0 Å². The predicted octanol–water partition coefficient (Wildman–Crippen LogP) is 2.34. The minimum Gasteiger partial charge on any atom is -0.493 e. The monoisotopic (exact) mass is 469 g/mol. The Morgan fingerprint density at radius 1 is 1.03 bits per heavy atom. The maximum absolute atomic E-state index is 13.6. The standard InChI is InChI=1S/C24H24ClN3O5/c1-12-19-20(24(27-12)15-11-14(25)5-6-16(15)26-23(24)31)22(30)28(21(19)29)9-8-13-4-7-17(32-2)18(10-13)33-3/h4-7,10-12,19-20,27H,8-9H2,1-3H3,(H,26,31)/t12-,19+,20-,24+/m0/s1. The van der Waals surface area contributed by atoms with Gasteiger partial charge in [-0.2, -0.15) is 0 Å². The minimum atomic E-state index is -1.31. The molecule has 0 saturated carbocycles. The van der Waals surface area contributed by atoms with E-state index >= 15 is 0 Å². The van der Waals surface area contributed by atoms with Gasteiger partial charge in [-0.15, -0.1) is 0 Å². The van der Waals surface area contributed by atoms with E-state index in [2.05, 4.69) is 10.6 Å². The number of nitrogens with zero attached hydrogens (tertiary/aromatic N) is 1. The zero-order valence-corrected chi connectivity index (χ0v) is 19.2. The van der Waals surface area contributed by atoms with Crippen molar-refractivity contribution in [1.29, 1.82) is 0 Å². The highest BCUT2D eigenvalue weighted by Crippen LogP contribution is 2.53. The molecule has 2 aromatic carbocycles. The molecule has 9 heteroatoms. The number of imide groups is 1. The van der Waals surface area contributed by atoms with Crippen LogP contribution in [0.1, 0.15) is 18.1 Å². The molecule has 2 saturated heterocycles. The zero-order chi connectivity index (χ0) is 23.5. The maximum atomic E-state index is 13.6. The predicted molar refractivity (Wildman–Crippen MR) is 121 cm³/mol. The molecule has 3 aliphatic rings. The fraction of sp³-hybridized carbons (Fsp3) is 0.375. The number of rotatable bonds is 5. The molecule has 0 unspecified atom stereocenters. The van der Waals surface area contributed by atoms with E-state index in [4.69, 9.17) is 21.1 Å². The van der Waals surface area contributed by atoms with Gasteiger partial charge in [-0.05, 0) is 49.2 Å². The van der Waals surface area contributed by atoms with Crippen LogP contribution in [0, 0.1) is 11.8 Å². The second kappa shape index (κ2) is 7.74. The van der Waals surface area contributed by atoms with E-state index in [0.29, 0.717) is 34.2 Å². The van der Waals surface area contributed by atoms with Crippen molar-refractivity contribution < 1.29 is 23.9 Å². The molecular weight excluding hydrogens is 446 g/mol. The van der Waals surface area contributed by atoms with Gasteiger partial charge < -0.3 is 14.8 Å².